The van der Waals surface area contributed by atoms with Gasteiger partial charge in [0.05, 0.1) is 6.61 Å². The van der Waals surface area contributed by atoms with Gasteiger partial charge >= 0.3 is 6.09 Å². The van der Waals surface area contributed by atoms with Crippen molar-refractivity contribution in [1.82, 2.24) is 15.5 Å². The average molecular weight is 456 g/mol. The number of carbonyl (C=O) groups excluding carboxylic acids is 3. The summed E-state index contributed by atoms with van der Waals surface area (Å²) in [6, 6.07) is 13.7. The normalized spacial score (nSPS) is 14.0. The Morgan fingerprint density at radius 3 is 2.52 bits per heavy atom. The predicted molar refractivity (Wildman–Crippen MR) is 124 cm³/mol. The molecule has 8 heteroatoms. The van der Waals surface area contributed by atoms with Gasteiger partial charge < -0.3 is 24.7 Å². The fraction of sp³-hybridized carbons (Fsp3) is 0.480. The van der Waals surface area contributed by atoms with Crippen LogP contribution in [0.2, 0.25) is 0 Å². The van der Waals surface area contributed by atoms with Gasteiger partial charge in [0.1, 0.15) is 11.5 Å². The number of amides is 3. The number of aryl methyl sites for hydroxylation is 1. The first-order valence-electron chi connectivity index (χ1n) is 11.7. The van der Waals surface area contributed by atoms with E-state index < -0.39 is 0 Å². The Hall–Kier alpha value is -3.29. The molecule has 1 fully saturated rings. The third kappa shape index (κ3) is 7.97. The molecule has 2 aromatic rings. The molecule has 1 aromatic carbocycles. The first-order chi connectivity index (χ1) is 16.0. The van der Waals surface area contributed by atoms with Crippen molar-refractivity contribution in [3.63, 3.8) is 0 Å². The lowest BCUT2D eigenvalue weighted by molar-refractivity contribution is -0.123. The zero-order chi connectivity index (χ0) is 23.5. The Kier molecular flexibility index (Phi) is 9.35. The van der Waals surface area contributed by atoms with Crippen LogP contribution in [0.25, 0.3) is 11.3 Å². The van der Waals surface area contributed by atoms with Crippen LogP contribution in [0, 0.1) is 0 Å². The summed E-state index contributed by atoms with van der Waals surface area (Å²) in [7, 11) is 0. The highest BCUT2D eigenvalue weighted by Gasteiger charge is 2.24. The van der Waals surface area contributed by atoms with E-state index in [9.17, 15) is 14.4 Å². The van der Waals surface area contributed by atoms with Gasteiger partial charge in [-0.1, -0.05) is 30.3 Å². The third-order valence-electron chi connectivity index (χ3n) is 5.61. The van der Waals surface area contributed by atoms with Gasteiger partial charge in [-0.05, 0) is 38.3 Å². The molecule has 0 radical (unpaired) electrons. The van der Waals surface area contributed by atoms with Crippen LogP contribution in [-0.2, 0) is 20.7 Å². The number of hydrogen-bond acceptors (Lipinski definition) is 5. The summed E-state index contributed by atoms with van der Waals surface area (Å²) in [5, 5.41) is 5.88. The molecule has 0 unspecified atom stereocenters. The number of rotatable bonds is 10. The van der Waals surface area contributed by atoms with Crippen LogP contribution in [0.15, 0.2) is 46.9 Å². The molecule has 3 amide bonds. The Labute approximate surface area is 194 Å². The molecule has 1 aliphatic heterocycles. The second-order valence-electron chi connectivity index (χ2n) is 8.11. The minimum Gasteiger partial charge on any atom is -0.461 e. The Balaban J connectivity index is 1.25. The quantitative estimate of drug-likeness (QED) is 0.534. The number of nitrogens with zero attached hydrogens (tertiary/aromatic N) is 1. The lowest BCUT2D eigenvalue weighted by Crippen LogP contribution is -2.46. The van der Waals surface area contributed by atoms with Gasteiger partial charge in [0.2, 0.25) is 11.8 Å². The molecule has 0 atom stereocenters. The third-order valence-corrected chi connectivity index (χ3v) is 5.61. The number of nitrogens with one attached hydrogen (secondary N) is 2. The number of benzene rings is 1. The minimum absolute atomic E-state index is 0.0251. The molecule has 0 saturated carbocycles. The highest BCUT2D eigenvalue weighted by atomic mass is 16.6. The first-order valence-corrected chi connectivity index (χ1v) is 11.7. The van der Waals surface area contributed by atoms with Crippen LogP contribution >= 0.6 is 0 Å². The fourth-order valence-electron chi connectivity index (χ4n) is 3.79. The fourth-order valence-corrected chi connectivity index (χ4v) is 3.79. The SMILES string of the molecule is CCOC(=O)N1CCC(NC(=O)CCCNC(=O)CCc2ccc(-c3ccccc3)o2)CC1. The van der Waals surface area contributed by atoms with Crippen molar-refractivity contribution < 1.29 is 23.5 Å². The van der Waals surface area contributed by atoms with E-state index in [-0.39, 0.29) is 23.9 Å². The topological polar surface area (TPSA) is 101 Å². The maximum absolute atomic E-state index is 12.2. The number of ether oxygens (including phenoxy) is 1. The second-order valence-corrected chi connectivity index (χ2v) is 8.11. The first kappa shape index (κ1) is 24.4. The van der Waals surface area contributed by atoms with Crippen molar-refractivity contribution in [2.75, 3.05) is 26.2 Å². The molecule has 1 aliphatic rings. The van der Waals surface area contributed by atoms with Crippen molar-refractivity contribution in [2.45, 2.75) is 51.5 Å². The summed E-state index contributed by atoms with van der Waals surface area (Å²) in [5.74, 6) is 1.49. The molecule has 1 aromatic heterocycles. The minimum atomic E-state index is -0.290. The van der Waals surface area contributed by atoms with E-state index in [2.05, 4.69) is 10.6 Å². The lowest BCUT2D eigenvalue weighted by atomic mass is 10.1. The molecule has 2 heterocycles. The van der Waals surface area contributed by atoms with Crippen molar-refractivity contribution >= 4 is 17.9 Å². The zero-order valence-electron chi connectivity index (χ0n) is 19.2. The van der Waals surface area contributed by atoms with Crippen molar-refractivity contribution in [1.29, 1.82) is 0 Å². The molecule has 178 valence electrons. The lowest BCUT2D eigenvalue weighted by Gasteiger charge is -2.31. The maximum Gasteiger partial charge on any atom is 0.409 e. The van der Waals surface area contributed by atoms with Gasteiger partial charge in [0.15, 0.2) is 0 Å². The van der Waals surface area contributed by atoms with E-state index in [0.29, 0.717) is 51.9 Å². The highest BCUT2D eigenvalue weighted by molar-refractivity contribution is 5.77. The summed E-state index contributed by atoms with van der Waals surface area (Å²) in [4.78, 5) is 37.6. The van der Waals surface area contributed by atoms with Crippen LogP contribution in [0.3, 0.4) is 0 Å². The molecule has 2 N–H and O–H groups in total. The van der Waals surface area contributed by atoms with E-state index in [4.69, 9.17) is 9.15 Å². The second kappa shape index (κ2) is 12.7. The Bertz CT molecular complexity index is 904. The van der Waals surface area contributed by atoms with Crippen LogP contribution in [0.4, 0.5) is 4.79 Å². The molecule has 0 aliphatic carbocycles. The van der Waals surface area contributed by atoms with Crippen molar-refractivity contribution in [3.8, 4) is 11.3 Å². The van der Waals surface area contributed by atoms with Crippen LogP contribution in [0.1, 0.15) is 44.8 Å². The van der Waals surface area contributed by atoms with Gasteiger partial charge in [-0.15, -0.1) is 0 Å². The molecular weight excluding hydrogens is 422 g/mol. The maximum atomic E-state index is 12.2. The van der Waals surface area contributed by atoms with Gasteiger partial charge in [0.25, 0.3) is 0 Å². The van der Waals surface area contributed by atoms with Gasteiger partial charge in [-0.3, -0.25) is 9.59 Å². The molecule has 0 bridgehead atoms. The number of furan rings is 1. The summed E-state index contributed by atoms with van der Waals surface area (Å²) in [5.41, 5.74) is 1.01. The van der Waals surface area contributed by atoms with Crippen molar-refractivity contribution in [2.24, 2.45) is 0 Å². The molecular formula is C25H33N3O5. The number of carbonyl (C=O) groups is 3. The summed E-state index contributed by atoms with van der Waals surface area (Å²) >= 11 is 0. The Morgan fingerprint density at radius 2 is 1.79 bits per heavy atom. The number of hydrogen-bond donors (Lipinski definition) is 2. The largest absolute Gasteiger partial charge is 0.461 e. The average Bonchev–Trinajstić information content (AvgIpc) is 3.31. The number of likely N-dealkylation sites (tertiary alicyclic amines) is 1. The summed E-state index contributed by atoms with van der Waals surface area (Å²) < 4.78 is 10.8. The summed E-state index contributed by atoms with van der Waals surface area (Å²) in [6.07, 6.45) is 2.97. The van der Waals surface area contributed by atoms with Gasteiger partial charge in [0, 0.05) is 50.5 Å². The monoisotopic (exact) mass is 455 g/mol. The standard InChI is InChI=1S/C25H33N3O5/c1-2-32-25(31)28-17-14-20(15-18-28)27-24(30)9-6-16-26-23(29)13-11-21-10-12-22(33-21)19-7-4-3-5-8-19/h3-5,7-8,10,12,20H,2,6,9,11,13-18H2,1H3,(H,26,29)(H,27,30). The summed E-state index contributed by atoms with van der Waals surface area (Å²) in [6.45, 7) is 3.78. The molecule has 8 nitrogen and oxygen atoms in total. The predicted octanol–water partition coefficient (Wildman–Crippen LogP) is 3.51. The van der Waals surface area contributed by atoms with Crippen molar-refractivity contribution in [3.05, 3.63) is 48.2 Å². The van der Waals surface area contributed by atoms with E-state index in [1.54, 1.807) is 11.8 Å². The molecule has 3 rings (SSSR count). The Morgan fingerprint density at radius 1 is 1.03 bits per heavy atom. The molecule has 1 saturated heterocycles. The van der Waals surface area contributed by atoms with E-state index in [1.807, 2.05) is 42.5 Å². The zero-order valence-corrected chi connectivity index (χ0v) is 19.2. The smallest absolute Gasteiger partial charge is 0.409 e. The van der Waals surface area contributed by atoms with E-state index in [1.165, 1.54) is 0 Å². The van der Waals surface area contributed by atoms with Gasteiger partial charge in [-0.2, -0.15) is 0 Å². The van der Waals surface area contributed by atoms with Gasteiger partial charge in [-0.25, -0.2) is 4.79 Å². The van der Waals surface area contributed by atoms with Crippen LogP contribution in [0.5, 0.6) is 0 Å². The van der Waals surface area contributed by atoms with Crippen LogP contribution in [-0.4, -0.2) is 55.1 Å². The highest BCUT2D eigenvalue weighted by Crippen LogP contribution is 2.22. The number of piperidine rings is 1. The van der Waals surface area contributed by atoms with Crippen LogP contribution < -0.4 is 10.6 Å². The van der Waals surface area contributed by atoms with E-state index in [0.717, 1.165) is 29.9 Å². The van der Waals surface area contributed by atoms with E-state index >= 15 is 0 Å². The molecule has 0 spiro atoms. The molecule has 33 heavy (non-hydrogen) atoms.